The number of carbonyl (C=O) groups is 2. The third-order valence-corrected chi connectivity index (χ3v) is 4.40. The maximum atomic E-state index is 12.3. The van der Waals surface area contributed by atoms with Crippen LogP contribution in [0.2, 0.25) is 0 Å². The number of fused-ring (bicyclic) bond motifs is 1. The first-order valence-electron chi connectivity index (χ1n) is 9.53. The monoisotopic (exact) mass is 392 g/mol. The van der Waals surface area contributed by atoms with E-state index in [-0.39, 0.29) is 0 Å². The zero-order chi connectivity index (χ0) is 20.6. The second-order valence-electron chi connectivity index (χ2n) is 6.58. The summed E-state index contributed by atoms with van der Waals surface area (Å²) in [6, 6.07) is 22.6. The highest BCUT2D eigenvalue weighted by molar-refractivity contribution is 5.87. The first-order chi connectivity index (χ1) is 14.1. The van der Waals surface area contributed by atoms with Gasteiger partial charge >= 0.3 is 0 Å². The number of nitrogens with one attached hydrogen (secondary N) is 2. The van der Waals surface area contributed by atoms with Crippen molar-refractivity contribution in [3.8, 4) is 11.5 Å². The Balaban J connectivity index is 1.52. The van der Waals surface area contributed by atoms with Crippen molar-refractivity contribution in [2.45, 2.75) is 32.5 Å². The summed E-state index contributed by atoms with van der Waals surface area (Å²) in [7, 11) is 0. The molecule has 0 aromatic heterocycles. The van der Waals surface area contributed by atoms with Gasteiger partial charge < -0.3 is 9.47 Å². The molecule has 2 N–H and O–H groups in total. The normalized spacial score (nSPS) is 12.6. The minimum Gasteiger partial charge on any atom is -0.481 e. The van der Waals surface area contributed by atoms with E-state index in [1.165, 1.54) is 0 Å². The minimum absolute atomic E-state index is 0.428. The molecule has 0 saturated carbocycles. The Kier molecular flexibility index (Phi) is 6.68. The average Bonchev–Trinajstić information content (AvgIpc) is 2.76. The molecule has 6 nitrogen and oxygen atoms in total. The van der Waals surface area contributed by atoms with E-state index < -0.39 is 24.0 Å². The van der Waals surface area contributed by atoms with Crippen molar-refractivity contribution in [1.82, 2.24) is 10.9 Å². The number of hydrogen-bond acceptors (Lipinski definition) is 4. The van der Waals surface area contributed by atoms with Crippen LogP contribution in [0.4, 0.5) is 0 Å². The predicted octanol–water partition coefficient (Wildman–Crippen LogP) is 3.61. The molecule has 3 rings (SSSR count). The van der Waals surface area contributed by atoms with E-state index in [0.29, 0.717) is 17.9 Å². The van der Waals surface area contributed by atoms with Gasteiger partial charge in [0.25, 0.3) is 11.8 Å². The van der Waals surface area contributed by atoms with Crippen LogP contribution < -0.4 is 20.3 Å². The van der Waals surface area contributed by atoms with Gasteiger partial charge in [-0.2, -0.15) is 0 Å². The molecule has 3 aromatic rings. The van der Waals surface area contributed by atoms with Crippen molar-refractivity contribution in [3.63, 3.8) is 0 Å². The van der Waals surface area contributed by atoms with Gasteiger partial charge in [-0.25, -0.2) is 0 Å². The van der Waals surface area contributed by atoms with Crippen molar-refractivity contribution in [3.05, 3.63) is 72.8 Å². The lowest BCUT2D eigenvalue weighted by Gasteiger charge is -2.19. The molecule has 0 saturated heterocycles. The predicted molar refractivity (Wildman–Crippen MR) is 111 cm³/mol. The molecular weight excluding hydrogens is 368 g/mol. The number of benzene rings is 3. The van der Waals surface area contributed by atoms with E-state index in [0.717, 1.165) is 10.8 Å². The highest BCUT2D eigenvalue weighted by Crippen LogP contribution is 2.21. The molecular formula is C23H24N2O4. The molecule has 0 bridgehead atoms. The van der Waals surface area contributed by atoms with E-state index in [9.17, 15) is 9.59 Å². The van der Waals surface area contributed by atoms with Crippen LogP contribution in [0, 0.1) is 0 Å². The number of ether oxygens (including phenoxy) is 2. The number of para-hydroxylation sites is 1. The number of rotatable bonds is 7. The third kappa shape index (κ3) is 5.48. The summed E-state index contributed by atoms with van der Waals surface area (Å²) in [4.78, 5) is 24.6. The molecule has 2 amide bonds. The van der Waals surface area contributed by atoms with Crippen LogP contribution in [0.25, 0.3) is 10.8 Å². The van der Waals surface area contributed by atoms with Crippen LogP contribution in [-0.2, 0) is 9.59 Å². The van der Waals surface area contributed by atoms with Crippen molar-refractivity contribution in [1.29, 1.82) is 0 Å². The van der Waals surface area contributed by atoms with Gasteiger partial charge in [-0.3, -0.25) is 20.4 Å². The molecule has 0 radical (unpaired) electrons. The Bertz CT molecular complexity index is 975. The standard InChI is InChI=1S/C23H24N2O4/c1-3-21(29-19-11-5-4-6-12-19)23(27)25-24-22(26)16(2)28-20-14-13-17-9-7-8-10-18(17)15-20/h4-16,21H,3H2,1-2H3,(H,24,26)(H,25,27)/t16-,21+/m0/s1. The minimum atomic E-state index is -0.786. The highest BCUT2D eigenvalue weighted by Gasteiger charge is 2.21. The Morgan fingerprint density at radius 2 is 1.45 bits per heavy atom. The smallest absolute Gasteiger partial charge is 0.279 e. The van der Waals surface area contributed by atoms with E-state index >= 15 is 0 Å². The molecule has 0 aliphatic carbocycles. The number of hydrazine groups is 1. The van der Waals surface area contributed by atoms with Gasteiger partial charge in [0.15, 0.2) is 12.2 Å². The van der Waals surface area contributed by atoms with E-state index in [4.69, 9.17) is 9.47 Å². The van der Waals surface area contributed by atoms with Crippen LogP contribution in [0.1, 0.15) is 20.3 Å². The van der Waals surface area contributed by atoms with E-state index in [1.807, 2.05) is 67.6 Å². The fourth-order valence-corrected chi connectivity index (χ4v) is 2.79. The number of carbonyl (C=O) groups excluding carboxylic acids is 2. The van der Waals surface area contributed by atoms with Gasteiger partial charge in [-0.1, -0.05) is 55.5 Å². The Morgan fingerprint density at radius 1 is 0.793 bits per heavy atom. The second-order valence-corrected chi connectivity index (χ2v) is 6.58. The second kappa shape index (κ2) is 9.59. The van der Waals surface area contributed by atoms with E-state index in [1.54, 1.807) is 19.1 Å². The van der Waals surface area contributed by atoms with E-state index in [2.05, 4.69) is 10.9 Å². The number of hydrogen-bond donors (Lipinski definition) is 2. The molecule has 0 spiro atoms. The molecule has 6 heteroatoms. The van der Waals surface area contributed by atoms with Crippen molar-refractivity contribution >= 4 is 22.6 Å². The zero-order valence-electron chi connectivity index (χ0n) is 16.4. The number of amides is 2. The van der Waals surface area contributed by atoms with Crippen LogP contribution in [0.5, 0.6) is 11.5 Å². The summed E-state index contributed by atoms with van der Waals surface area (Å²) in [5.41, 5.74) is 4.80. The fraction of sp³-hybridized carbons (Fsp3) is 0.217. The van der Waals surface area contributed by atoms with Gasteiger partial charge in [-0.15, -0.1) is 0 Å². The van der Waals surface area contributed by atoms with Gasteiger partial charge in [0, 0.05) is 0 Å². The lowest BCUT2D eigenvalue weighted by Crippen LogP contribution is -2.51. The molecule has 0 fully saturated rings. The maximum Gasteiger partial charge on any atom is 0.279 e. The van der Waals surface area contributed by atoms with Crippen molar-refractivity contribution in [2.75, 3.05) is 0 Å². The Hall–Kier alpha value is -3.54. The quantitative estimate of drug-likeness (QED) is 0.602. The Labute approximate surface area is 169 Å². The summed E-state index contributed by atoms with van der Waals surface area (Å²) in [6.45, 7) is 3.45. The molecule has 29 heavy (non-hydrogen) atoms. The average molecular weight is 392 g/mol. The maximum absolute atomic E-state index is 12.3. The lowest BCUT2D eigenvalue weighted by molar-refractivity contribution is -0.135. The molecule has 150 valence electrons. The van der Waals surface area contributed by atoms with Crippen molar-refractivity contribution < 1.29 is 19.1 Å². The summed E-state index contributed by atoms with van der Waals surface area (Å²) < 4.78 is 11.4. The van der Waals surface area contributed by atoms with Gasteiger partial charge in [0.1, 0.15) is 11.5 Å². The third-order valence-electron chi connectivity index (χ3n) is 4.40. The molecule has 0 unspecified atom stereocenters. The zero-order valence-corrected chi connectivity index (χ0v) is 16.4. The van der Waals surface area contributed by atoms with Crippen LogP contribution in [-0.4, -0.2) is 24.0 Å². The summed E-state index contributed by atoms with van der Waals surface area (Å²) in [5.74, 6) is 0.286. The topological polar surface area (TPSA) is 76.7 Å². The highest BCUT2D eigenvalue weighted by atomic mass is 16.5. The summed E-state index contributed by atoms with van der Waals surface area (Å²) in [6.07, 6.45) is -1.04. The molecule has 3 aromatic carbocycles. The fourth-order valence-electron chi connectivity index (χ4n) is 2.79. The molecule has 0 aliphatic heterocycles. The van der Waals surface area contributed by atoms with Gasteiger partial charge in [0.05, 0.1) is 0 Å². The summed E-state index contributed by atoms with van der Waals surface area (Å²) >= 11 is 0. The SMILES string of the molecule is CC[C@@H](Oc1ccccc1)C(=O)NNC(=O)[C@H](C)Oc1ccc2ccccc2c1. The largest absolute Gasteiger partial charge is 0.481 e. The first-order valence-corrected chi connectivity index (χ1v) is 9.53. The van der Waals surface area contributed by atoms with Crippen LogP contribution >= 0.6 is 0 Å². The first kappa shape index (κ1) is 20.2. The Morgan fingerprint density at radius 3 is 2.17 bits per heavy atom. The van der Waals surface area contributed by atoms with Crippen LogP contribution in [0.3, 0.4) is 0 Å². The molecule has 0 heterocycles. The molecule has 0 aliphatic rings. The van der Waals surface area contributed by atoms with Gasteiger partial charge in [-0.05, 0) is 48.4 Å². The van der Waals surface area contributed by atoms with Crippen LogP contribution in [0.15, 0.2) is 72.8 Å². The van der Waals surface area contributed by atoms with Crippen molar-refractivity contribution in [2.24, 2.45) is 0 Å². The van der Waals surface area contributed by atoms with Gasteiger partial charge in [0.2, 0.25) is 0 Å². The lowest BCUT2D eigenvalue weighted by atomic mass is 10.1. The summed E-state index contributed by atoms with van der Waals surface area (Å²) in [5, 5.41) is 2.11. The molecule has 2 atom stereocenters.